The molecule has 18 heteroatoms. The van der Waals surface area contributed by atoms with Crippen LogP contribution in [0.1, 0.15) is 29.5 Å². The number of thioether (sulfide) groups is 1. The zero-order valence-corrected chi connectivity index (χ0v) is 31.2. The molecule has 2 aromatic heterocycles. The third-order valence-electron chi connectivity index (χ3n) is 9.21. The van der Waals surface area contributed by atoms with Crippen LogP contribution in [0.4, 0.5) is 32.0 Å². The fraction of sp³-hybridized carbons (Fsp3) is 0.243. The zero-order valence-electron chi connectivity index (χ0n) is 28.8. The number of rotatable bonds is 1. The fourth-order valence-electron chi connectivity index (χ4n) is 6.79. The Morgan fingerprint density at radius 3 is 1.89 bits per heavy atom. The Hall–Kier alpha value is -4.49. The molecule has 8 rings (SSSR count). The number of benzene rings is 3. The van der Waals surface area contributed by atoms with E-state index in [0.29, 0.717) is 0 Å². The summed E-state index contributed by atoms with van der Waals surface area (Å²) in [5.74, 6) is 0. The summed E-state index contributed by atoms with van der Waals surface area (Å²) >= 11 is 1.87. The van der Waals surface area contributed by atoms with Crippen molar-refractivity contribution in [3.63, 3.8) is 0 Å². The van der Waals surface area contributed by atoms with Gasteiger partial charge in [-0.3, -0.25) is 0 Å². The van der Waals surface area contributed by atoms with E-state index in [0.717, 1.165) is 32.4 Å². The molecule has 0 fully saturated rings. The molecule has 290 valence electrons. The van der Waals surface area contributed by atoms with Gasteiger partial charge in [0.25, 0.3) is 0 Å². The van der Waals surface area contributed by atoms with E-state index in [4.69, 9.17) is 25.9 Å². The number of hydrogen-bond acceptors (Lipinski definition) is 8. The normalized spacial score (nSPS) is 15.9. The van der Waals surface area contributed by atoms with Crippen molar-refractivity contribution in [2.24, 2.45) is 0 Å². The van der Waals surface area contributed by atoms with Gasteiger partial charge in [0.15, 0.2) is 26.4 Å². The largest absolute Gasteiger partial charge is 0.741 e. The van der Waals surface area contributed by atoms with Crippen LogP contribution in [0.5, 0.6) is 0 Å². The van der Waals surface area contributed by atoms with E-state index in [1.807, 2.05) is 11.8 Å². The molecule has 3 aliphatic heterocycles. The van der Waals surface area contributed by atoms with E-state index in [1.165, 1.54) is 72.1 Å². The molecule has 5 heterocycles. The minimum atomic E-state index is -6.09. The Kier molecular flexibility index (Phi) is 11.1. The second-order valence-corrected chi connectivity index (χ2v) is 16.5. The summed E-state index contributed by atoms with van der Waals surface area (Å²) < 4.78 is 123. The van der Waals surface area contributed by atoms with Crippen LogP contribution >= 0.6 is 11.8 Å². The van der Waals surface area contributed by atoms with Crippen LogP contribution in [0.15, 0.2) is 101 Å². The van der Waals surface area contributed by atoms with Gasteiger partial charge in [-0.1, -0.05) is 48.2 Å². The maximum Gasteiger partial charge on any atom is 0.485 e. The van der Waals surface area contributed by atoms with Crippen LogP contribution in [0.3, 0.4) is 0 Å². The lowest BCUT2D eigenvalue weighted by molar-refractivity contribution is -0.686. The molecule has 0 aliphatic carbocycles. The van der Waals surface area contributed by atoms with Gasteiger partial charge in [-0.15, -0.1) is 0 Å². The van der Waals surface area contributed by atoms with Crippen LogP contribution in [0, 0.1) is 0 Å². The maximum atomic E-state index is 10.7. The van der Waals surface area contributed by atoms with Gasteiger partial charge in [-0.05, 0) is 59.9 Å². The van der Waals surface area contributed by atoms with Crippen molar-refractivity contribution in [1.29, 1.82) is 0 Å². The number of hydrogen-bond donors (Lipinski definition) is 0. The molecule has 0 amide bonds. The van der Waals surface area contributed by atoms with Gasteiger partial charge in [0.1, 0.15) is 13.1 Å². The van der Waals surface area contributed by atoms with Crippen molar-refractivity contribution in [1.82, 2.24) is 0 Å². The number of anilines is 1. The first-order valence-corrected chi connectivity index (χ1v) is 20.3. The third kappa shape index (κ3) is 8.38. The highest BCUT2D eigenvalue weighted by Crippen LogP contribution is 2.46. The highest BCUT2D eigenvalue weighted by atomic mass is 32.2. The van der Waals surface area contributed by atoms with Crippen LogP contribution in [0.25, 0.3) is 39.5 Å². The Balaban J connectivity index is 0.000000272. The molecule has 55 heavy (non-hydrogen) atoms. The van der Waals surface area contributed by atoms with Crippen LogP contribution < -0.4 is 14.0 Å². The summed E-state index contributed by atoms with van der Waals surface area (Å²) in [6.45, 7) is 2.10. The molecule has 3 aliphatic rings. The first-order valence-electron chi connectivity index (χ1n) is 16.6. The molecule has 0 saturated carbocycles. The smallest absolute Gasteiger partial charge is 0.485 e. The number of aromatic nitrogens is 2. The van der Waals surface area contributed by atoms with E-state index in [2.05, 4.69) is 118 Å². The molecule has 0 unspecified atom stereocenters. The summed E-state index contributed by atoms with van der Waals surface area (Å²) in [5.41, 5.74) is 1.15. The van der Waals surface area contributed by atoms with Gasteiger partial charge in [0.2, 0.25) is 16.9 Å². The molecule has 9 nitrogen and oxygen atoms in total. The molecular formula is C37H31F6N3O6S3. The Labute approximate surface area is 317 Å². The second kappa shape index (κ2) is 15.2. The van der Waals surface area contributed by atoms with Crippen molar-refractivity contribution in [3.05, 3.63) is 113 Å². The van der Waals surface area contributed by atoms with Crippen LogP contribution in [-0.4, -0.2) is 44.0 Å². The minimum Gasteiger partial charge on any atom is -0.741 e. The summed E-state index contributed by atoms with van der Waals surface area (Å²) in [6.07, 6.45) is 9.21. The lowest BCUT2D eigenvalue weighted by Gasteiger charge is -2.16. The van der Waals surface area contributed by atoms with Gasteiger partial charge in [0.05, 0.1) is 27.2 Å². The first-order chi connectivity index (χ1) is 25.8. The number of halogens is 6. The summed E-state index contributed by atoms with van der Waals surface area (Å²) in [5, 5.41) is 2.59. The SMILES string of the molecule is CN1/C(=C/c2cc3[n+](c4ccccc24)CCCc2ccc4c(c2-3)-c2cccc[n+]2CCC4)Sc2ccccc21.O=S(=O)([O-])C(F)(F)F.O=S(=O)([O-])C(F)(F)F. The van der Waals surface area contributed by atoms with Crippen molar-refractivity contribution in [2.45, 2.75) is 54.7 Å². The number of aryl methyl sites for hydroxylation is 4. The van der Waals surface area contributed by atoms with Crippen molar-refractivity contribution >= 4 is 54.7 Å². The van der Waals surface area contributed by atoms with E-state index in [-0.39, 0.29) is 0 Å². The van der Waals surface area contributed by atoms with E-state index >= 15 is 0 Å². The van der Waals surface area contributed by atoms with E-state index < -0.39 is 31.3 Å². The highest BCUT2D eigenvalue weighted by molar-refractivity contribution is 8.03. The average molecular weight is 824 g/mol. The lowest BCUT2D eigenvalue weighted by atomic mass is 9.88. The van der Waals surface area contributed by atoms with Gasteiger partial charge in [-0.25, -0.2) is 16.8 Å². The molecule has 0 N–H and O–H groups in total. The standard InChI is InChI=1S/C35H31N3S.2CHF3O3S/c1-36-29-14-4-5-16-32(29)39-33(36)23-26-22-31-35-25(11-9-21-38(31)28-13-3-2-12-27(26)28)18-17-24-10-8-20-37-19-7-6-15-30(37)34(24)35;2*2-1(3,4)8(5,6)7/h2-7,12-19,22-23H,8-11,20-21H2,1H3;2*(H,5,6,7)/q+2;;/p-2. The average Bonchev–Trinajstić information content (AvgIpc) is 3.22. The van der Waals surface area contributed by atoms with Gasteiger partial charge in [-0.2, -0.15) is 35.5 Å². The molecule has 3 aromatic carbocycles. The lowest BCUT2D eigenvalue weighted by Crippen LogP contribution is -2.37. The van der Waals surface area contributed by atoms with Gasteiger partial charge < -0.3 is 14.0 Å². The van der Waals surface area contributed by atoms with Gasteiger partial charge in [0, 0.05) is 49.1 Å². The second-order valence-electron chi connectivity index (χ2n) is 12.7. The summed E-state index contributed by atoms with van der Waals surface area (Å²) in [4.78, 5) is 3.66. The fourth-order valence-corrected chi connectivity index (χ4v) is 7.89. The van der Waals surface area contributed by atoms with E-state index in [1.54, 1.807) is 0 Å². The third-order valence-corrected chi connectivity index (χ3v) is 11.5. The molecule has 0 radical (unpaired) electrons. The Morgan fingerprint density at radius 1 is 0.727 bits per heavy atom. The maximum absolute atomic E-state index is 10.7. The molecular weight excluding hydrogens is 793 g/mol. The number of alkyl halides is 6. The number of pyridine rings is 2. The minimum absolute atomic E-state index is 1.03. The van der Waals surface area contributed by atoms with Crippen molar-refractivity contribution in [2.75, 3.05) is 11.9 Å². The molecule has 0 saturated heterocycles. The van der Waals surface area contributed by atoms with Crippen molar-refractivity contribution in [3.8, 4) is 22.5 Å². The highest BCUT2D eigenvalue weighted by Gasteiger charge is 2.38. The molecule has 0 spiro atoms. The predicted molar refractivity (Wildman–Crippen MR) is 192 cm³/mol. The Morgan fingerprint density at radius 2 is 1.27 bits per heavy atom. The molecule has 0 atom stereocenters. The molecule has 0 bridgehead atoms. The van der Waals surface area contributed by atoms with Crippen LogP contribution in [-0.2, 0) is 46.2 Å². The van der Waals surface area contributed by atoms with Crippen molar-refractivity contribution < 1.29 is 61.4 Å². The zero-order chi connectivity index (χ0) is 39.9. The number of fused-ring (bicyclic) bond motifs is 10. The first kappa shape index (κ1) is 40.2. The molecule has 5 aromatic rings. The topological polar surface area (TPSA) is 125 Å². The monoisotopic (exact) mass is 823 g/mol. The van der Waals surface area contributed by atoms with Gasteiger partial charge >= 0.3 is 11.0 Å². The van der Waals surface area contributed by atoms with E-state index in [9.17, 15) is 26.3 Å². The Bertz CT molecular complexity index is 2500. The van der Waals surface area contributed by atoms with Crippen LogP contribution in [0.2, 0.25) is 0 Å². The number of nitrogens with zero attached hydrogens (tertiary/aromatic N) is 3. The summed E-state index contributed by atoms with van der Waals surface area (Å²) in [6, 6.07) is 31.7. The quantitative estimate of drug-likeness (QED) is 0.0748. The predicted octanol–water partition coefficient (Wildman–Crippen LogP) is 7.28. The number of para-hydroxylation sites is 2. The summed E-state index contributed by atoms with van der Waals surface area (Å²) in [7, 11) is -9.99.